The van der Waals surface area contributed by atoms with E-state index in [-0.39, 0.29) is 22.2 Å². The molecule has 0 saturated carbocycles. The summed E-state index contributed by atoms with van der Waals surface area (Å²) >= 11 is 8.92. The van der Waals surface area contributed by atoms with Crippen molar-refractivity contribution in [1.29, 1.82) is 0 Å². The van der Waals surface area contributed by atoms with E-state index in [0.29, 0.717) is 22.1 Å². The third kappa shape index (κ3) is 8.38. The molecule has 12 heteroatoms. The average molecular weight is 723 g/mol. The van der Waals surface area contributed by atoms with Gasteiger partial charge in [0.05, 0.1) is 22.3 Å². The molecule has 5 aromatic carbocycles. The van der Waals surface area contributed by atoms with E-state index in [9.17, 15) is 18.8 Å². The molecule has 1 heterocycles. The normalized spacial score (nSPS) is 11.9. The van der Waals surface area contributed by atoms with Crippen LogP contribution >= 0.6 is 34.7 Å². The first-order valence-corrected chi connectivity index (χ1v) is 17.3. The van der Waals surface area contributed by atoms with Crippen LogP contribution in [0, 0.1) is 5.82 Å². The van der Waals surface area contributed by atoms with Crippen molar-refractivity contribution >= 4 is 79.5 Å². The van der Waals surface area contributed by atoms with Gasteiger partial charge in [0.15, 0.2) is 5.13 Å². The van der Waals surface area contributed by atoms with Gasteiger partial charge >= 0.3 is 0 Å². The summed E-state index contributed by atoms with van der Waals surface area (Å²) in [5.74, 6) is -1.44. The lowest BCUT2D eigenvalue weighted by Gasteiger charge is -2.17. The minimum Gasteiger partial charge on any atom is -0.497 e. The van der Waals surface area contributed by atoms with Crippen LogP contribution in [0.2, 0.25) is 5.02 Å². The minimum absolute atomic E-state index is 0.0461. The number of thioether (sulfide) groups is 1. The molecule has 0 aliphatic heterocycles. The van der Waals surface area contributed by atoms with E-state index < -0.39 is 22.9 Å². The number of fused-ring (bicyclic) bond motifs is 1. The van der Waals surface area contributed by atoms with E-state index in [2.05, 4.69) is 20.9 Å². The third-order valence-corrected chi connectivity index (χ3v) is 9.88. The number of nitrogens with zero attached hydrogens (tertiary/aromatic N) is 1. The maximum atomic E-state index is 14.7. The summed E-state index contributed by atoms with van der Waals surface area (Å²) in [5, 5.41) is 8.23. The number of carbonyl (C=O) groups excluding carboxylic acids is 3. The van der Waals surface area contributed by atoms with Crippen molar-refractivity contribution in [3.63, 3.8) is 0 Å². The molecule has 8 nitrogen and oxygen atoms in total. The molecule has 6 rings (SSSR count). The number of hydrogen-bond donors (Lipinski definition) is 3. The Hall–Kier alpha value is -5.49. The molecule has 0 spiro atoms. The number of nitrogens with one attached hydrogen (secondary N) is 3. The quantitative estimate of drug-likeness (QED) is 0.0910. The molecular weight excluding hydrogens is 695 g/mol. The number of benzene rings is 5. The molecule has 0 fully saturated rings. The number of hydrogen-bond acceptors (Lipinski definition) is 7. The SMILES string of the molecule is COc1ccc2nc(NC(=O)C(Sc3ccc(NC(=O)/C(=C/c4c(F)cccc4Cl)NC(=O)c4ccccc4)cc3)c3ccccc3)sc2c1. The molecule has 0 saturated heterocycles. The number of amides is 3. The van der Waals surface area contributed by atoms with Crippen LogP contribution in [0.3, 0.4) is 0 Å². The van der Waals surface area contributed by atoms with Crippen LogP contribution in [0.5, 0.6) is 5.75 Å². The number of rotatable bonds is 11. The maximum absolute atomic E-state index is 14.7. The molecule has 0 aliphatic rings. The Kier molecular flexibility index (Phi) is 10.9. The molecule has 1 unspecified atom stereocenters. The second-order valence-electron chi connectivity index (χ2n) is 10.7. The summed E-state index contributed by atoms with van der Waals surface area (Å²) in [7, 11) is 1.60. The number of thiazole rings is 1. The molecule has 6 aromatic rings. The van der Waals surface area contributed by atoms with Crippen molar-refractivity contribution in [1.82, 2.24) is 10.3 Å². The maximum Gasteiger partial charge on any atom is 0.272 e. The van der Waals surface area contributed by atoms with Gasteiger partial charge < -0.3 is 20.7 Å². The van der Waals surface area contributed by atoms with Crippen molar-refractivity contribution in [2.24, 2.45) is 0 Å². The Morgan fingerprint density at radius 1 is 0.880 bits per heavy atom. The van der Waals surface area contributed by atoms with E-state index in [0.717, 1.165) is 20.7 Å². The van der Waals surface area contributed by atoms with Crippen LogP contribution in [0.15, 0.2) is 132 Å². The molecule has 1 atom stereocenters. The molecule has 250 valence electrons. The molecule has 3 amide bonds. The van der Waals surface area contributed by atoms with E-state index in [4.69, 9.17) is 16.3 Å². The number of halogens is 2. The van der Waals surface area contributed by atoms with Crippen molar-refractivity contribution in [2.45, 2.75) is 10.1 Å². The van der Waals surface area contributed by atoms with Gasteiger partial charge in [-0.05, 0) is 78.4 Å². The zero-order chi connectivity index (χ0) is 35.0. The summed E-state index contributed by atoms with van der Waals surface area (Å²) in [5.41, 5.74) is 2.01. The largest absolute Gasteiger partial charge is 0.497 e. The molecule has 1 aromatic heterocycles. The fourth-order valence-electron chi connectivity index (χ4n) is 4.84. The van der Waals surface area contributed by atoms with Gasteiger partial charge in [0, 0.05) is 21.7 Å². The highest BCUT2D eigenvalue weighted by Gasteiger charge is 2.24. The van der Waals surface area contributed by atoms with Crippen LogP contribution in [0.4, 0.5) is 15.2 Å². The summed E-state index contributed by atoms with van der Waals surface area (Å²) in [4.78, 5) is 45.4. The van der Waals surface area contributed by atoms with Crippen molar-refractivity contribution in [3.05, 3.63) is 155 Å². The van der Waals surface area contributed by atoms with Gasteiger partial charge in [-0.25, -0.2) is 9.37 Å². The van der Waals surface area contributed by atoms with Gasteiger partial charge in [0.1, 0.15) is 22.5 Å². The van der Waals surface area contributed by atoms with Crippen molar-refractivity contribution < 1.29 is 23.5 Å². The first kappa shape index (κ1) is 34.4. The fourth-order valence-corrected chi connectivity index (χ4v) is 6.98. The number of ether oxygens (including phenoxy) is 1. The number of methoxy groups -OCH3 is 1. The van der Waals surface area contributed by atoms with Gasteiger partial charge in [-0.3, -0.25) is 14.4 Å². The van der Waals surface area contributed by atoms with Crippen molar-refractivity contribution in [2.75, 3.05) is 17.7 Å². The van der Waals surface area contributed by atoms with Gasteiger partial charge in [0.25, 0.3) is 11.8 Å². The van der Waals surface area contributed by atoms with Crippen LogP contribution in [0.25, 0.3) is 16.3 Å². The molecular formula is C38H28ClFN4O4S2. The standard InChI is InChI=1S/C38H28ClFN4O4S2/c1-48-26-17-20-31-33(21-26)50-38(43-31)44-37(47)34(23-9-4-2-5-10-23)49-27-18-15-25(16-19-27)41-36(46)32(22-28-29(39)13-8-14-30(28)40)42-35(45)24-11-6-3-7-12-24/h2-22,34H,1H3,(H,41,46)(H,42,45)(H,43,44,47)/b32-22-. The predicted octanol–water partition coefficient (Wildman–Crippen LogP) is 8.98. The average Bonchev–Trinajstić information content (AvgIpc) is 3.54. The Balaban J connectivity index is 1.20. The highest BCUT2D eigenvalue weighted by Crippen LogP contribution is 2.38. The predicted molar refractivity (Wildman–Crippen MR) is 198 cm³/mol. The first-order valence-electron chi connectivity index (χ1n) is 15.2. The second-order valence-corrected chi connectivity index (χ2v) is 13.4. The Morgan fingerprint density at radius 3 is 2.30 bits per heavy atom. The lowest BCUT2D eigenvalue weighted by molar-refractivity contribution is -0.116. The molecule has 0 radical (unpaired) electrons. The summed E-state index contributed by atoms with van der Waals surface area (Å²) < 4.78 is 20.9. The van der Waals surface area contributed by atoms with E-state index in [1.807, 2.05) is 48.5 Å². The van der Waals surface area contributed by atoms with Gasteiger partial charge in [-0.1, -0.05) is 77.5 Å². The van der Waals surface area contributed by atoms with Crippen LogP contribution in [-0.4, -0.2) is 29.8 Å². The zero-order valence-electron chi connectivity index (χ0n) is 26.4. The molecule has 50 heavy (non-hydrogen) atoms. The smallest absolute Gasteiger partial charge is 0.272 e. The molecule has 0 aliphatic carbocycles. The Bertz CT molecular complexity index is 2180. The lowest BCUT2D eigenvalue weighted by Crippen LogP contribution is -2.30. The Labute approximate surface area is 300 Å². The second kappa shape index (κ2) is 15.8. The van der Waals surface area contributed by atoms with E-state index >= 15 is 0 Å². The van der Waals surface area contributed by atoms with Crippen LogP contribution in [-0.2, 0) is 9.59 Å². The van der Waals surface area contributed by atoms with Crippen LogP contribution in [0.1, 0.15) is 26.7 Å². The van der Waals surface area contributed by atoms with Crippen molar-refractivity contribution in [3.8, 4) is 5.75 Å². The Morgan fingerprint density at radius 2 is 1.60 bits per heavy atom. The topological polar surface area (TPSA) is 109 Å². The van der Waals surface area contributed by atoms with E-state index in [1.165, 1.54) is 47.4 Å². The number of carbonyl (C=O) groups is 3. The summed E-state index contributed by atoms with van der Waals surface area (Å²) in [6.45, 7) is 0. The summed E-state index contributed by atoms with van der Waals surface area (Å²) in [6.07, 6.45) is 1.20. The zero-order valence-corrected chi connectivity index (χ0v) is 28.7. The fraction of sp³-hybridized carbons (Fsp3) is 0.0526. The molecule has 0 bridgehead atoms. The van der Waals surface area contributed by atoms with E-state index in [1.54, 1.807) is 61.7 Å². The number of aromatic nitrogens is 1. The molecule has 3 N–H and O–H groups in total. The highest BCUT2D eigenvalue weighted by atomic mass is 35.5. The highest BCUT2D eigenvalue weighted by molar-refractivity contribution is 8.00. The lowest BCUT2D eigenvalue weighted by atomic mass is 10.1. The minimum atomic E-state index is -0.691. The summed E-state index contributed by atoms with van der Waals surface area (Å²) in [6, 6.07) is 34.3. The first-order chi connectivity index (χ1) is 24.3. The van der Waals surface area contributed by atoms with Gasteiger partial charge in [-0.15, -0.1) is 11.8 Å². The van der Waals surface area contributed by atoms with Crippen LogP contribution < -0.4 is 20.7 Å². The van der Waals surface area contributed by atoms with Gasteiger partial charge in [0.2, 0.25) is 5.91 Å². The third-order valence-electron chi connectivity index (χ3n) is 7.35. The number of anilines is 2. The van der Waals surface area contributed by atoms with Gasteiger partial charge in [-0.2, -0.15) is 0 Å². The monoisotopic (exact) mass is 722 g/mol.